The van der Waals surface area contributed by atoms with E-state index in [0.717, 1.165) is 0 Å². The molecule has 21 heavy (non-hydrogen) atoms. The number of benzene rings is 1. The van der Waals surface area contributed by atoms with E-state index in [0.29, 0.717) is 19.5 Å². The summed E-state index contributed by atoms with van der Waals surface area (Å²) < 4.78 is 36.9. The van der Waals surface area contributed by atoms with Crippen molar-refractivity contribution in [3.05, 3.63) is 30.3 Å². The molecule has 0 aromatic heterocycles. The predicted octanol–water partition coefficient (Wildman–Crippen LogP) is 0.667. The third-order valence-electron chi connectivity index (χ3n) is 3.41. The molecule has 7 heteroatoms. The number of halogens is 1. The second kappa shape index (κ2) is 7.00. The SMILES string of the molecule is O=C(CCS(=O)(=O)c1ccccc1)NC[C@@H]1C[C@H](F)CN1. The Balaban J connectivity index is 1.76. The predicted molar refractivity (Wildman–Crippen MR) is 77.4 cm³/mol. The number of sulfone groups is 1. The summed E-state index contributed by atoms with van der Waals surface area (Å²) in [5.74, 6) is -0.564. The lowest BCUT2D eigenvalue weighted by atomic mass is 10.2. The van der Waals surface area contributed by atoms with Crippen LogP contribution < -0.4 is 10.6 Å². The number of carbonyl (C=O) groups excluding carboxylic acids is 1. The lowest BCUT2D eigenvalue weighted by Crippen LogP contribution is -2.37. The number of hydrogen-bond acceptors (Lipinski definition) is 4. The van der Waals surface area contributed by atoms with Gasteiger partial charge in [0.25, 0.3) is 0 Å². The van der Waals surface area contributed by atoms with Crippen molar-refractivity contribution in [1.82, 2.24) is 10.6 Å². The summed E-state index contributed by atoms with van der Waals surface area (Å²) in [4.78, 5) is 11.9. The highest BCUT2D eigenvalue weighted by molar-refractivity contribution is 7.91. The Morgan fingerprint density at radius 1 is 1.33 bits per heavy atom. The van der Waals surface area contributed by atoms with Crippen LogP contribution in [0.3, 0.4) is 0 Å². The zero-order chi connectivity index (χ0) is 15.3. The first-order chi connectivity index (χ1) is 9.97. The maximum atomic E-state index is 12.9. The second-order valence-corrected chi connectivity index (χ2v) is 7.23. The van der Waals surface area contributed by atoms with E-state index >= 15 is 0 Å². The first-order valence-electron chi connectivity index (χ1n) is 6.89. The van der Waals surface area contributed by atoms with E-state index in [-0.39, 0.29) is 29.0 Å². The summed E-state index contributed by atoms with van der Waals surface area (Å²) in [5.41, 5.74) is 0. The number of alkyl halides is 1. The zero-order valence-electron chi connectivity index (χ0n) is 11.6. The van der Waals surface area contributed by atoms with Crippen LogP contribution in [0.25, 0.3) is 0 Å². The zero-order valence-corrected chi connectivity index (χ0v) is 12.4. The van der Waals surface area contributed by atoms with Crippen LogP contribution in [-0.4, -0.2) is 45.4 Å². The summed E-state index contributed by atoms with van der Waals surface area (Å²) in [6, 6.07) is 7.97. The van der Waals surface area contributed by atoms with Gasteiger partial charge in [0.15, 0.2) is 9.84 Å². The van der Waals surface area contributed by atoms with Gasteiger partial charge in [0.2, 0.25) is 5.91 Å². The molecular formula is C14H19FN2O3S. The summed E-state index contributed by atoms with van der Waals surface area (Å²) >= 11 is 0. The summed E-state index contributed by atoms with van der Waals surface area (Å²) in [7, 11) is -3.44. The molecule has 2 rings (SSSR count). The molecule has 5 nitrogen and oxygen atoms in total. The molecule has 1 fully saturated rings. The summed E-state index contributed by atoms with van der Waals surface area (Å²) in [6.07, 6.45) is -0.587. The van der Waals surface area contributed by atoms with E-state index < -0.39 is 16.0 Å². The number of hydrogen-bond donors (Lipinski definition) is 2. The first kappa shape index (κ1) is 15.9. The lowest BCUT2D eigenvalue weighted by Gasteiger charge is -2.11. The van der Waals surface area contributed by atoms with E-state index in [1.165, 1.54) is 12.1 Å². The highest BCUT2D eigenvalue weighted by Crippen LogP contribution is 2.11. The number of carbonyl (C=O) groups is 1. The monoisotopic (exact) mass is 314 g/mol. The summed E-state index contributed by atoms with van der Waals surface area (Å²) in [6.45, 7) is 0.633. The van der Waals surface area contributed by atoms with Crippen molar-refractivity contribution in [2.75, 3.05) is 18.8 Å². The number of rotatable bonds is 6. The van der Waals surface area contributed by atoms with Crippen molar-refractivity contribution in [3.8, 4) is 0 Å². The van der Waals surface area contributed by atoms with Crippen LogP contribution in [0, 0.1) is 0 Å². The number of nitrogens with one attached hydrogen (secondary N) is 2. The molecule has 0 saturated carbocycles. The van der Waals surface area contributed by atoms with Crippen molar-refractivity contribution in [3.63, 3.8) is 0 Å². The highest BCUT2D eigenvalue weighted by atomic mass is 32.2. The second-order valence-electron chi connectivity index (χ2n) is 5.12. The highest BCUT2D eigenvalue weighted by Gasteiger charge is 2.24. The maximum absolute atomic E-state index is 12.9. The van der Waals surface area contributed by atoms with Gasteiger partial charge in [-0.2, -0.15) is 0 Å². The van der Waals surface area contributed by atoms with Crippen LogP contribution >= 0.6 is 0 Å². The Kier molecular flexibility index (Phi) is 5.30. The lowest BCUT2D eigenvalue weighted by molar-refractivity contribution is -0.120. The van der Waals surface area contributed by atoms with Crippen LogP contribution in [0.4, 0.5) is 4.39 Å². The fourth-order valence-electron chi connectivity index (χ4n) is 2.22. The number of amides is 1. The van der Waals surface area contributed by atoms with Gasteiger partial charge in [0.05, 0.1) is 10.6 Å². The third-order valence-corrected chi connectivity index (χ3v) is 5.15. The van der Waals surface area contributed by atoms with Gasteiger partial charge >= 0.3 is 0 Å². The molecule has 0 radical (unpaired) electrons. The quantitative estimate of drug-likeness (QED) is 0.809. The molecule has 2 atom stereocenters. The van der Waals surface area contributed by atoms with Crippen molar-refractivity contribution >= 4 is 15.7 Å². The van der Waals surface area contributed by atoms with Crippen molar-refractivity contribution in [2.24, 2.45) is 0 Å². The van der Waals surface area contributed by atoms with Gasteiger partial charge in [-0.25, -0.2) is 12.8 Å². The average Bonchev–Trinajstić information content (AvgIpc) is 2.90. The van der Waals surface area contributed by atoms with Crippen molar-refractivity contribution < 1.29 is 17.6 Å². The van der Waals surface area contributed by atoms with Crippen molar-refractivity contribution in [1.29, 1.82) is 0 Å². The molecule has 116 valence electrons. The Labute approximate surface area is 123 Å². The minimum atomic E-state index is -3.44. The van der Waals surface area contributed by atoms with E-state index in [2.05, 4.69) is 10.6 Å². The van der Waals surface area contributed by atoms with Crippen molar-refractivity contribution in [2.45, 2.75) is 30.0 Å². The standard InChI is InChI=1S/C14H19FN2O3S/c15-11-8-12(16-9-11)10-17-14(18)6-7-21(19,20)13-4-2-1-3-5-13/h1-5,11-12,16H,6-10H2,(H,17,18)/t11-,12-/m0/s1. The molecule has 0 bridgehead atoms. The molecular weight excluding hydrogens is 295 g/mol. The molecule has 0 unspecified atom stereocenters. The van der Waals surface area contributed by atoms with Gasteiger partial charge in [-0.3, -0.25) is 4.79 Å². The Hall–Kier alpha value is -1.47. The van der Waals surface area contributed by atoms with Crippen LogP contribution in [-0.2, 0) is 14.6 Å². The molecule has 1 aliphatic heterocycles. The Morgan fingerprint density at radius 3 is 2.67 bits per heavy atom. The molecule has 1 amide bonds. The Bertz CT molecular complexity index is 577. The molecule has 1 heterocycles. The smallest absolute Gasteiger partial charge is 0.221 e. The molecule has 1 aromatic carbocycles. The molecule has 1 aromatic rings. The van der Waals surface area contributed by atoms with E-state index in [9.17, 15) is 17.6 Å². The van der Waals surface area contributed by atoms with Gasteiger partial charge in [0.1, 0.15) is 6.17 Å². The minimum absolute atomic E-state index is 0.0744. The van der Waals surface area contributed by atoms with Crippen LogP contribution in [0.1, 0.15) is 12.8 Å². The molecule has 2 N–H and O–H groups in total. The van der Waals surface area contributed by atoms with E-state index in [1.807, 2.05) is 0 Å². The molecule has 1 aliphatic rings. The normalized spacial score (nSPS) is 22.1. The van der Waals surface area contributed by atoms with E-state index in [1.54, 1.807) is 18.2 Å². The fraction of sp³-hybridized carbons (Fsp3) is 0.500. The van der Waals surface area contributed by atoms with Crippen LogP contribution in [0.5, 0.6) is 0 Å². The average molecular weight is 314 g/mol. The van der Waals surface area contributed by atoms with Gasteiger partial charge in [-0.15, -0.1) is 0 Å². The summed E-state index contributed by atoms with van der Waals surface area (Å²) in [5, 5.41) is 5.59. The molecule has 1 saturated heterocycles. The largest absolute Gasteiger partial charge is 0.355 e. The Morgan fingerprint density at radius 2 is 2.05 bits per heavy atom. The van der Waals surface area contributed by atoms with Crippen LogP contribution in [0.15, 0.2) is 35.2 Å². The minimum Gasteiger partial charge on any atom is -0.355 e. The maximum Gasteiger partial charge on any atom is 0.221 e. The molecule has 0 spiro atoms. The van der Waals surface area contributed by atoms with Crippen LogP contribution in [0.2, 0.25) is 0 Å². The van der Waals surface area contributed by atoms with Gasteiger partial charge in [-0.1, -0.05) is 18.2 Å². The molecule has 0 aliphatic carbocycles. The topological polar surface area (TPSA) is 75.3 Å². The third kappa shape index (κ3) is 4.78. The van der Waals surface area contributed by atoms with Gasteiger partial charge in [-0.05, 0) is 18.6 Å². The first-order valence-corrected chi connectivity index (χ1v) is 8.54. The van der Waals surface area contributed by atoms with Gasteiger partial charge < -0.3 is 10.6 Å². The fourth-order valence-corrected chi connectivity index (χ4v) is 3.49. The van der Waals surface area contributed by atoms with E-state index in [4.69, 9.17) is 0 Å². The van der Waals surface area contributed by atoms with Gasteiger partial charge in [0, 0.05) is 25.6 Å².